The Kier molecular flexibility index (Phi) is 4.29. The van der Waals surface area contributed by atoms with Crippen molar-refractivity contribution >= 4 is 12.0 Å². The van der Waals surface area contributed by atoms with Gasteiger partial charge in [-0.1, -0.05) is 0 Å². The lowest BCUT2D eigenvalue weighted by Gasteiger charge is -2.40. The van der Waals surface area contributed by atoms with Crippen LogP contribution in [0.5, 0.6) is 0 Å². The van der Waals surface area contributed by atoms with Gasteiger partial charge in [0.25, 0.3) is 0 Å². The van der Waals surface area contributed by atoms with Gasteiger partial charge in [0.05, 0.1) is 6.42 Å². The number of carboxylic acids is 1. The number of carbonyl (C=O) groups excluding carboxylic acids is 1. The Labute approximate surface area is 114 Å². The van der Waals surface area contributed by atoms with Crippen molar-refractivity contribution in [1.29, 1.82) is 0 Å². The van der Waals surface area contributed by atoms with Gasteiger partial charge in [-0.05, 0) is 26.8 Å². The van der Waals surface area contributed by atoms with Crippen LogP contribution in [-0.2, 0) is 4.79 Å². The average Bonchev–Trinajstić information content (AvgIpc) is 3.13. The van der Waals surface area contributed by atoms with Crippen molar-refractivity contribution in [2.75, 3.05) is 33.2 Å². The summed E-state index contributed by atoms with van der Waals surface area (Å²) in [6, 6.07) is 0.473. The zero-order valence-electron chi connectivity index (χ0n) is 11.7. The quantitative estimate of drug-likeness (QED) is 0.815. The number of piperazine rings is 1. The first-order valence-electron chi connectivity index (χ1n) is 6.96. The fourth-order valence-electron chi connectivity index (χ4n) is 2.63. The number of carboxylic acid groups (broad SMARTS) is 1. The second kappa shape index (κ2) is 5.77. The van der Waals surface area contributed by atoms with Crippen LogP contribution in [0.3, 0.4) is 0 Å². The molecule has 0 spiro atoms. The summed E-state index contributed by atoms with van der Waals surface area (Å²) in [5.74, 6) is -0.843. The lowest BCUT2D eigenvalue weighted by Crippen LogP contribution is -2.57. The Morgan fingerprint density at radius 3 is 2.53 bits per heavy atom. The van der Waals surface area contributed by atoms with Gasteiger partial charge in [-0.15, -0.1) is 0 Å². The average molecular weight is 269 g/mol. The SMILES string of the molecule is CC1CN(C)CCN1C(=O)N(CCC(=O)O)C1CC1. The molecule has 2 amide bonds. The van der Waals surface area contributed by atoms with Gasteiger partial charge in [-0.3, -0.25) is 4.79 Å². The standard InChI is InChI=1S/C13H23N3O3/c1-10-9-14(2)7-8-15(10)13(19)16(11-3-4-11)6-5-12(17)18/h10-11H,3-9H2,1-2H3,(H,17,18). The molecule has 1 atom stereocenters. The molecule has 2 aliphatic rings. The molecule has 1 N–H and O–H groups in total. The molecule has 2 fully saturated rings. The molecular formula is C13H23N3O3. The van der Waals surface area contributed by atoms with Crippen LogP contribution in [-0.4, -0.2) is 77.1 Å². The van der Waals surface area contributed by atoms with Gasteiger partial charge in [0, 0.05) is 38.3 Å². The summed E-state index contributed by atoms with van der Waals surface area (Å²) in [7, 11) is 2.06. The van der Waals surface area contributed by atoms with Crippen LogP contribution in [0.2, 0.25) is 0 Å². The fourth-order valence-corrected chi connectivity index (χ4v) is 2.63. The normalized spacial score (nSPS) is 24.3. The third-order valence-corrected chi connectivity index (χ3v) is 3.88. The summed E-state index contributed by atoms with van der Waals surface area (Å²) in [6.45, 7) is 4.87. The number of carbonyl (C=O) groups is 2. The van der Waals surface area contributed by atoms with E-state index in [1.165, 1.54) is 0 Å². The number of rotatable bonds is 4. The van der Waals surface area contributed by atoms with Crippen LogP contribution in [0, 0.1) is 0 Å². The largest absolute Gasteiger partial charge is 0.481 e. The predicted octanol–water partition coefficient (Wildman–Crippen LogP) is 0.681. The van der Waals surface area contributed by atoms with Gasteiger partial charge in [-0.25, -0.2) is 4.79 Å². The summed E-state index contributed by atoms with van der Waals surface area (Å²) in [4.78, 5) is 29.1. The van der Waals surface area contributed by atoms with Crippen LogP contribution in [0.15, 0.2) is 0 Å². The van der Waals surface area contributed by atoms with E-state index in [1.807, 2.05) is 4.90 Å². The number of hydrogen-bond donors (Lipinski definition) is 1. The lowest BCUT2D eigenvalue weighted by atomic mass is 10.2. The Morgan fingerprint density at radius 2 is 2.00 bits per heavy atom. The zero-order chi connectivity index (χ0) is 14.0. The fraction of sp³-hybridized carbons (Fsp3) is 0.846. The summed E-state index contributed by atoms with van der Waals surface area (Å²) < 4.78 is 0. The van der Waals surface area contributed by atoms with Crippen molar-refractivity contribution in [3.8, 4) is 0 Å². The van der Waals surface area contributed by atoms with E-state index in [9.17, 15) is 9.59 Å². The topological polar surface area (TPSA) is 64.1 Å². The molecule has 6 nitrogen and oxygen atoms in total. The molecule has 0 aromatic rings. The molecule has 1 saturated carbocycles. The maximum atomic E-state index is 12.5. The Bertz CT molecular complexity index is 357. The first-order chi connectivity index (χ1) is 8.99. The zero-order valence-corrected chi connectivity index (χ0v) is 11.7. The van der Waals surface area contributed by atoms with Crippen molar-refractivity contribution in [1.82, 2.24) is 14.7 Å². The van der Waals surface area contributed by atoms with Crippen LogP contribution >= 0.6 is 0 Å². The Morgan fingerprint density at radius 1 is 1.32 bits per heavy atom. The molecule has 1 heterocycles. The van der Waals surface area contributed by atoms with Crippen molar-refractivity contribution in [3.05, 3.63) is 0 Å². The molecule has 0 aromatic carbocycles. The number of nitrogens with zero attached hydrogens (tertiary/aromatic N) is 3. The smallest absolute Gasteiger partial charge is 0.320 e. The maximum absolute atomic E-state index is 12.5. The monoisotopic (exact) mass is 269 g/mol. The van der Waals surface area contributed by atoms with Gasteiger partial charge in [0.15, 0.2) is 0 Å². The van der Waals surface area contributed by atoms with Crippen molar-refractivity contribution in [3.63, 3.8) is 0 Å². The van der Waals surface area contributed by atoms with Gasteiger partial charge in [0.2, 0.25) is 0 Å². The number of aliphatic carboxylic acids is 1. The molecule has 1 aliphatic carbocycles. The maximum Gasteiger partial charge on any atom is 0.320 e. The van der Waals surface area contributed by atoms with E-state index in [0.717, 1.165) is 32.5 Å². The second-order valence-corrected chi connectivity index (χ2v) is 5.66. The first kappa shape index (κ1) is 14.1. The number of amides is 2. The highest BCUT2D eigenvalue weighted by Gasteiger charge is 2.37. The molecule has 108 valence electrons. The van der Waals surface area contributed by atoms with Crippen molar-refractivity contribution < 1.29 is 14.7 Å². The molecule has 6 heteroatoms. The molecule has 0 bridgehead atoms. The third kappa shape index (κ3) is 3.59. The van der Waals surface area contributed by atoms with E-state index in [2.05, 4.69) is 18.9 Å². The Balaban J connectivity index is 1.96. The van der Waals surface area contributed by atoms with Crippen LogP contribution in [0.4, 0.5) is 4.79 Å². The van der Waals surface area contributed by atoms with Gasteiger partial charge in [-0.2, -0.15) is 0 Å². The second-order valence-electron chi connectivity index (χ2n) is 5.66. The van der Waals surface area contributed by atoms with Crippen molar-refractivity contribution in [2.24, 2.45) is 0 Å². The van der Waals surface area contributed by atoms with Crippen LogP contribution < -0.4 is 0 Å². The van der Waals surface area contributed by atoms with E-state index in [0.29, 0.717) is 6.54 Å². The molecule has 19 heavy (non-hydrogen) atoms. The highest BCUT2D eigenvalue weighted by atomic mass is 16.4. The number of urea groups is 1. The lowest BCUT2D eigenvalue weighted by molar-refractivity contribution is -0.137. The first-order valence-corrected chi connectivity index (χ1v) is 6.96. The van der Waals surface area contributed by atoms with E-state index in [4.69, 9.17) is 5.11 Å². The molecule has 0 radical (unpaired) electrons. The Hall–Kier alpha value is -1.30. The highest BCUT2D eigenvalue weighted by Crippen LogP contribution is 2.28. The van der Waals surface area contributed by atoms with Crippen molar-refractivity contribution in [2.45, 2.75) is 38.3 Å². The summed E-state index contributed by atoms with van der Waals surface area (Å²) >= 11 is 0. The molecule has 1 aliphatic heterocycles. The number of likely N-dealkylation sites (N-methyl/N-ethyl adjacent to an activating group) is 1. The molecule has 1 saturated heterocycles. The van der Waals surface area contributed by atoms with E-state index < -0.39 is 5.97 Å². The molecule has 0 aromatic heterocycles. The van der Waals surface area contributed by atoms with Gasteiger partial charge >= 0.3 is 12.0 Å². The molecule has 2 rings (SSSR count). The van der Waals surface area contributed by atoms with E-state index >= 15 is 0 Å². The minimum absolute atomic E-state index is 0.0179. The van der Waals surface area contributed by atoms with E-state index in [-0.39, 0.29) is 24.5 Å². The number of hydrogen-bond acceptors (Lipinski definition) is 3. The summed E-state index contributed by atoms with van der Waals surface area (Å²) in [6.07, 6.45) is 2.05. The minimum Gasteiger partial charge on any atom is -0.481 e. The predicted molar refractivity (Wildman–Crippen MR) is 71.0 cm³/mol. The van der Waals surface area contributed by atoms with Gasteiger partial charge < -0.3 is 19.8 Å². The third-order valence-electron chi connectivity index (χ3n) is 3.88. The molecular weight excluding hydrogens is 246 g/mol. The van der Waals surface area contributed by atoms with Crippen LogP contribution in [0.25, 0.3) is 0 Å². The van der Waals surface area contributed by atoms with Crippen LogP contribution in [0.1, 0.15) is 26.2 Å². The van der Waals surface area contributed by atoms with Gasteiger partial charge in [0.1, 0.15) is 0 Å². The minimum atomic E-state index is -0.843. The van der Waals surface area contributed by atoms with E-state index in [1.54, 1.807) is 4.90 Å². The molecule has 1 unspecified atom stereocenters. The highest BCUT2D eigenvalue weighted by molar-refractivity contribution is 5.76. The summed E-state index contributed by atoms with van der Waals surface area (Å²) in [5.41, 5.74) is 0. The summed E-state index contributed by atoms with van der Waals surface area (Å²) in [5, 5.41) is 8.79.